The van der Waals surface area contributed by atoms with Gasteiger partial charge in [-0.25, -0.2) is 19.3 Å². The van der Waals surface area contributed by atoms with Crippen LogP contribution in [-0.2, 0) is 0 Å². The molecule has 9 heteroatoms. The number of pyridine rings is 1. The number of H-pyrrole nitrogens is 1. The molecule has 3 aromatic rings. The molecule has 0 aromatic carbocycles. The van der Waals surface area contributed by atoms with Crippen molar-refractivity contribution in [2.24, 2.45) is 0 Å². The quantitative estimate of drug-likeness (QED) is 0.631. The van der Waals surface area contributed by atoms with Crippen LogP contribution in [-0.4, -0.2) is 42.6 Å². The molecule has 5 rings (SSSR count). The van der Waals surface area contributed by atoms with Crippen molar-refractivity contribution in [1.82, 2.24) is 24.2 Å². The number of anilines is 1. The highest BCUT2D eigenvalue weighted by molar-refractivity contribution is 7.97. The summed E-state index contributed by atoms with van der Waals surface area (Å²) in [6, 6.07) is 1.73. The lowest BCUT2D eigenvalue weighted by molar-refractivity contribution is 0.586. The maximum absolute atomic E-state index is 13.0. The predicted molar refractivity (Wildman–Crippen MR) is 108 cm³/mol. The zero-order valence-corrected chi connectivity index (χ0v) is 16.2. The van der Waals surface area contributed by atoms with Gasteiger partial charge in [-0.2, -0.15) is 0 Å². The molecule has 1 aliphatic carbocycles. The minimum atomic E-state index is -0.644. The number of nitrogens with zero attached hydrogens (tertiary/aromatic N) is 4. The third-order valence-corrected chi connectivity index (χ3v) is 6.04. The number of halogens is 2. The number of aromatic amines is 1. The molecule has 3 N–H and O–H groups in total. The van der Waals surface area contributed by atoms with E-state index in [9.17, 15) is 4.39 Å². The summed E-state index contributed by atoms with van der Waals surface area (Å²) in [5.74, 6) is -0.511. The van der Waals surface area contributed by atoms with Gasteiger partial charge in [0, 0.05) is 41.7 Å². The van der Waals surface area contributed by atoms with Crippen LogP contribution in [0.1, 0.15) is 25.7 Å². The van der Waals surface area contributed by atoms with Crippen molar-refractivity contribution >= 4 is 40.4 Å². The van der Waals surface area contributed by atoms with Gasteiger partial charge in [-0.15, -0.1) is 0 Å². The van der Waals surface area contributed by atoms with E-state index in [0.717, 1.165) is 16.8 Å². The molecule has 0 unspecified atom stereocenters. The average molecular weight is 407 g/mol. The van der Waals surface area contributed by atoms with Crippen molar-refractivity contribution in [3.8, 4) is 11.4 Å². The summed E-state index contributed by atoms with van der Waals surface area (Å²) in [5, 5.41) is 2.27. The standard InChI is InChI=1S/C11H7ClFN5.C7H13NS/c12-5-1-6-7(3-16-10(6)15-2-5)11-17-4-8(13)9(14)18-11;1-2-6-8(5-1)9-7-3-4-7/h1-4H,(H,15,16)(H2,14,17,18);7H,1-6H2. The van der Waals surface area contributed by atoms with E-state index in [2.05, 4.69) is 36.2 Å². The lowest BCUT2D eigenvalue weighted by Crippen LogP contribution is -2.09. The average Bonchev–Trinajstić information content (AvgIpc) is 3.15. The van der Waals surface area contributed by atoms with E-state index in [4.69, 9.17) is 17.3 Å². The normalized spacial score (nSPS) is 17.1. The summed E-state index contributed by atoms with van der Waals surface area (Å²) in [4.78, 5) is 14.9. The Bertz CT molecular complexity index is 939. The molecule has 1 saturated heterocycles. The molecule has 0 radical (unpaired) electrons. The fourth-order valence-electron chi connectivity index (χ4n) is 2.85. The highest BCUT2D eigenvalue weighted by Crippen LogP contribution is 2.37. The maximum atomic E-state index is 13.0. The lowest BCUT2D eigenvalue weighted by atomic mass is 10.2. The third kappa shape index (κ3) is 4.51. The van der Waals surface area contributed by atoms with Gasteiger partial charge < -0.3 is 10.7 Å². The number of hydrogen-bond acceptors (Lipinski definition) is 6. The van der Waals surface area contributed by atoms with Crippen molar-refractivity contribution < 1.29 is 4.39 Å². The van der Waals surface area contributed by atoms with Gasteiger partial charge in [0.2, 0.25) is 0 Å². The molecule has 2 fully saturated rings. The molecule has 0 bridgehead atoms. The highest BCUT2D eigenvalue weighted by atomic mass is 35.5. The van der Waals surface area contributed by atoms with E-state index in [1.54, 1.807) is 12.3 Å². The van der Waals surface area contributed by atoms with Crippen molar-refractivity contribution in [3.05, 3.63) is 35.5 Å². The summed E-state index contributed by atoms with van der Waals surface area (Å²) in [6.45, 7) is 2.70. The molecule has 2 aliphatic rings. The van der Waals surface area contributed by atoms with Gasteiger partial charge >= 0.3 is 0 Å². The summed E-state index contributed by atoms with van der Waals surface area (Å²) < 4.78 is 15.6. The van der Waals surface area contributed by atoms with Gasteiger partial charge in [-0.05, 0) is 31.7 Å². The van der Waals surface area contributed by atoms with E-state index < -0.39 is 5.82 Å². The molecule has 0 spiro atoms. The summed E-state index contributed by atoms with van der Waals surface area (Å²) in [5.41, 5.74) is 6.75. The summed E-state index contributed by atoms with van der Waals surface area (Å²) in [7, 11) is 0. The maximum Gasteiger partial charge on any atom is 0.183 e. The fourth-order valence-corrected chi connectivity index (χ4v) is 4.25. The second-order valence-electron chi connectivity index (χ2n) is 6.62. The van der Waals surface area contributed by atoms with Gasteiger partial charge in [0.05, 0.1) is 11.2 Å². The number of rotatable bonds is 3. The van der Waals surface area contributed by atoms with Crippen LogP contribution in [0.5, 0.6) is 0 Å². The molecule has 3 aromatic heterocycles. The number of nitrogen functional groups attached to an aromatic ring is 1. The first kappa shape index (κ1) is 18.5. The molecular formula is C18H20ClFN6S. The van der Waals surface area contributed by atoms with Gasteiger partial charge in [0.1, 0.15) is 5.65 Å². The van der Waals surface area contributed by atoms with Gasteiger partial charge in [-0.3, -0.25) is 4.31 Å². The van der Waals surface area contributed by atoms with Crippen LogP contribution < -0.4 is 5.73 Å². The molecular weight excluding hydrogens is 387 g/mol. The van der Waals surface area contributed by atoms with E-state index >= 15 is 0 Å². The van der Waals surface area contributed by atoms with Gasteiger partial charge in [-0.1, -0.05) is 23.5 Å². The molecule has 4 heterocycles. The number of fused-ring (bicyclic) bond motifs is 1. The molecule has 6 nitrogen and oxygen atoms in total. The zero-order valence-electron chi connectivity index (χ0n) is 14.7. The van der Waals surface area contributed by atoms with Crippen LogP contribution in [0.3, 0.4) is 0 Å². The third-order valence-electron chi connectivity index (χ3n) is 4.40. The van der Waals surface area contributed by atoms with Crippen molar-refractivity contribution in [2.45, 2.75) is 30.9 Å². The number of aromatic nitrogens is 4. The SMILES string of the molecule is C1CCN(SC2CC2)C1.Nc1nc(-c2c[nH]c3ncc(Cl)cc23)ncc1F. The summed E-state index contributed by atoms with van der Waals surface area (Å²) >= 11 is 8.00. The van der Waals surface area contributed by atoms with Crippen molar-refractivity contribution in [1.29, 1.82) is 0 Å². The first-order valence-corrected chi connectivity index (χ1v) is 10.1. The van der Waals surface area contributed by atoms with Crippen LogP contribution >= 0.6 is 23.5 Å². The van der Waals surface area contributed by atoms with Crippen LogP contribution in [0.2, 0.25) is 5.02 Å². The van der Waals surface area contributed by atoms with E-state index in [-0.39, 0.29) is 5.82 Å². The van der Waals surface area contributed by atoms with E-state index in [1.807, 2.05) is 0 Å². The van der Waals surface area contributed by atoms with Crippen LogP contribution in [0.15, 0.2) is 24.7 Å². The second-order valence-corrected chi connectivity index (χ2v) is 8.45. The van der Waals surface area contributed by atoms with Crippen molar-refractivity contribution in [2.75, 3.05) is 18.8 Å². The van der Waals surface area contributed by atoms with Gasteiger partial charge in [0.25, 0.3) is 0 Å². The number of nitrogens with one attached hydrogen (secondary N) is 1. The highest BCUT2D eigenvalue weighted by Gasteiger charge is 2.26. The van der Waals surface area contributed by atoms with Crippen molar-refractivity contribution in [3.63, 3.8) is 0 Å². The Kier molecular flexibility index (Phi) is 5.47. The molecule has 1 aliphatic heterocycles. The smallest absolute Gasteiger partial charge is 0.183 e. The Morgan fingerprint density at radius 1 is 1.22 bits per heavy atom. The second kappa shape index (κ2) is 8.00. The monoisotopic (exact) mass is 406 g/mol. The molecule has 0 amide bonds. The van der Waals surface area contributed by atoms with Crippen LogP contribution in [0.4, 0.5) is 10.2 Å². The molecule has 0 atom stereocenters. The Morgan fingerprint density at radius 3 is 2.70 bits per heavy atom. The molecule has 27 heavy (non-hydrogen) atoms. The number of hydrogen-bond donors (Lipinski definition) is 2. The van der Waals surface area contributed by atoms with Crippen LogP contribution in [0, 0.1) is 5.82 Å². The predicted octanol–water partition coefficient (Wildman–Crippen LogP) is 4.29. The zero-order chi connectivity index (χ0) is 18.8. The molecule has 142 valence electrons. The first-order chi connectivity index (χ1) is 13.1. The molecule has 1 saturated carbocycles. The van der Waals surface area contributed by atoms with Gasteiger partial charge in [0.15, 0.2) is 17.5 Å². The topological polar surface area (TPSA) is 83.7 Å². The minimum absolute atomic E-state index is 0.190. The van der Waals surface area contributed by atoms with Crippen LogP contribution in [0.25, 0.3) is 22.4 Å². The Morgan fingerprint density at radius 2 is 2.00 bits per heavy atom. The van der Waals surface area contributed by atoms with E-state index in [1.165, 1.54) is 45.0 Å². The van der Waals surface area contributed by atoms with E-state index in [0.29, 0.717) is 22.1 Å². The first-order valence-electron chi connectivity index (χ1n) is 8.93. The number of nitrogens with two attached hydrogens (primary N) is 1. The minimum Gasteiger partial charge on any atom is -0.381 e. The lowest BCUT2D eigenvalue weighted by Gasteiger charge is -2.11. The summed E-state index contributed by atoms with van der Waals surface area (Å²) in [6.07, 6.45) is 10.1. The Balaban J connectivity index is 0.000000167. The Labute approximate surface area is 165 Å². The fraction of sp³-hybridized carbons (Fsp3) is 0.389. The Hall–Kier alpha value is -1.90. The largest absolute Gasteiger partial charge is 0.381 e.